The smallest absolute Gasteiger partial charge is 0.343 e. The summed E-state index contributed by atoms with van der Waals surface area (Å²) < 4.78 is 17.1. The fraction of sp³-hybridized carbons (Fsp3) is 0.167. The van der Waals surface area contributed by atoms with Gasteiger partial charge in [0.15, 0.2) is 11.5 Å². The highest BCUT2D eigenvalue weighted by atomic mass is 16.6. The number of ether oxygens (including phenoxy) is 3. The molecule has 0 aromatic heterocycles. The van der Waals surface area contributed by atoms with Crippen molar-refractivity contribution in [2.45, 2.75) is 26.4 Å². The summed E-state index contributed by atoms with van der Waals surface area (Å²) in [6, 6.07) is 22.1. The fourth-order valence-electron chi connectivity index (χ4n) is 2.55. The number of benzene rings is 3. The molecule has 0 amide bonds. The van der Waals surface area contributed by atoms with Crippen molar-refractivity contribution in [2.75, 3.05) is 0 Å². The average molecular weight is 390 g/mol. The fourth-order valence-corrected chi connectivity index (χ4v) is 2.55. The molecule has 0 aliphatic carbocycles. The Balaban J connectivity index is 1.95. The summed E-state index contributed by atoms with van der Waals surface area (Å²) in [7, 11) is 0. The molecule has 0 spiro atoms. The molecule has 5 heteroatoms. The molecule has 0 fully saturated rings. The zero-order valence-electron chi connectivity index (χ0n) is 16.5. The van der Waals surface area contributed by atoms with Crippen molar-refractivity contribution >= 4 is 11.9 Å². The van der Waals surface area contributed by atoms with E-state index in [1.165, 1.54) is 0 Å². The lowest BCUT2D eigenvalue weighted by molar-refractivity contribution is 0.0661. The number of esters is 2. The van der Waals surface area contributed by atoms with Crippen LogP contribution in [0.3, 0.4) is 0 Å². The largest absolute Gasteiger partial charge is 0.484 e. The molecule has 3 aromatic carbocycles. The van der Waals surface area contributed by atoms with E-state index in [9.17, 15) is 9.59 Å². The van der Waals surface area contributed by atoms with Gasteiger partial charge in [-0.05, 0) is 57.2 Å². The Labute approximate surface area is 169 Å². The van der Waals surface area contributed by atoms with Crippen LogP contribution in [0.15, 0.2) is 78.9 Å². The number of rotatable bonds is 5. The van der Waals surface area contributed by atoms with E-state index < -0.39 is 17.5 Å². The maximum atomic E-state index is 12.6. The van der Waals surface area contributed by atoms with Gasteiger partial charge < -0.3 is 14.2 Å². The Morgan fingerprint density at radius 3 is 1.62 bits per heavy atom. The van der Waals surface area contributed by atoms with Crippen LogP contribution in [0.1, 0.15) is 41.5 Å². The minimum absolute atomic E-state index is 0.0561. The Kier molecular flexibility index (Phi) is 5.98. The van der Waals surface area contributed by atoms with Crippen molar-refractivity contribution in [3.63, 3.8) is 0 Å². The molecule has 0 atom stereocenters. The molecule has 0 N–H and O–H groups in total. The van der Waals surface area contributed by atoms with E-state index in [-0.39, 0.29) is 11.5 Å². The molecule has 29 heavy (non-hydrogen) atoms. The summed E-state index contributed by atoms with van der Waals surface area (Å²) in [5.74, 6) is -0.673. The summed E-state index contributed by atoms with van der Waals surface area (Å²) in [6.45, 7) is 5.62. The summed E-state index contributed by atoms with van der Waals surface area (Å²) in [5, 5.41) is 0. The first-order valence-electron chi connectivity index (χ1n) is 9.20. The van der Waals surface area contributed by atoms with Gasteiger partial charge in [-0.1, -0.05) is 42.5 Å². The Hall–Kier alpha value is -3.60. The second-order valence-electron chi connectivity index (χ2n) is 7.31. The lowest BCUT2D eigenvalue weighted by Crippen LogP contribution is -2.24. The lowest BCUT2D eigenvalue weighted by atomic mass is 10.2. The third kappa shape index (κ3) is 5.45. The first-order chi connectivity index (χ1) is 13.8. The summed E-state index contributed by atoms with van der Waals surface area (Å²) >= 11 is 0. The molecule has 0 aliphatic heterocycles. The van der Waals surface area contributed by atoms with Crippen LogP contribution in [0, 0.1) is 0 Å². The second kappa shape index (κ2) is 8.61. The highest BCUT2D eigenvalue weighted by Gasteiger charge is 2.23. The van der Waals surface area contributed by atoms with Gasteiger partial charge in [0.25, 0.3) is 0 Å². The molecule has 0 radical (unpaired) electrons. The normalized spacial score (nSPS) is 10.9. The van der Waals surface area contributed by atoms with Crippen LogP contribution in [0.2, 0.25) is 0 Å². The highest BCUT2D eigenvalue weighted by Crippen LogP contribution is 2.39. The van der Waals surface area contributed by atoms with Crippen LogP contribution in [0.5, 0.6) is 17.2 Å². The quantitative estimate of drug-likeness (QED) is 0.437. The van der Waals surface area contributed by atoms with Gasteiger partial charge in [0.05, 0.1) is 11.1 Å². The molecule has 0 saturated carbocycles. The number of hydrogen-bond donors (Lipinski definition) is 0. The van der Waals surface area contributed by atoms with Gasteiger partial charge in [-0.15, -0.1) is 0 Å². The van der Waals surface area contributed by atoms with E-state index in [1.54, 1.807) is 72.8 Å². The van der Waals surface area contributed by atoms with Crippen molar-refractivity contribution in [2.24, 2.45) is 0 Å². The van der Waals surface area contributed by atoms with Gasteiger partial charge in [-0.25, -0.2) is 9.59 Å². The highest BCUT2D eigenvalue weighted by molar-refractivity contribution is 5.93. The molecule has 3 aromatic rings. The standard InChI is InChI=1S/C24H22O5/c1-24(2,3)29-20-16-10-15-19(27-22(25)17-11-6-4-7-12-17)21(20)28-23(26)18-13-8-5-9-14-18/h4-16H,1-3H3. The van der Waals surface area contributed by atoms with E-state index in [0.717, 1.165) is 0 Å². The third-order valence-electron chi connectivity index (χ3n) is 3.78. The maximum absolute atomic E-state index is 12.6. The zero-order valence-corrected chi connectivity index (χ0v) is 16.5. The number of hydrogen-bond acceptors (Lipinski definition) is 5. The van der Waals surface area contributed by atoms with Crippen molar-refractivity contribution in [1.82, 2.24) is 0 Å². The number of carbonyl (C=O) groups excluding carboxylic acids is 2. The van der Waals surface area contributed by atoms with E-state index in [2.05, 4.69) is 0 Å². The van der Waals surface area contributed by atoms with Gasteiger partial charge in [0.1, 0.15) is 5.60 Å². The van der Waals surface area contributed by atoms with Gasteiger partial charge in [-0.3, -0.25) is 0 Å². The lowest BCUT2D eigenvalue weighted by Gasteiger charge is -2.23. The number of carbonyl (C=O) groups is 2. The van der Waals surface area contributed by atoms with Gasteiger partial charge in [0, 0.05) is 0 Å². The maximum Gasteiger partial charge on any atom is 0.343 e. The molecule has 0 heterocycles. The van der Waals surface area contributed by atoms with Crippen LogP contribution >= 0.6 is 0 Å². The molecule has 0 saturated heterocycles. The minimum Gasteiger partial charge on any atom is -0.484 e. The van der Waals surface area contributed by atoms with Gasteiger partial charge >= 0.3 is 11.9 Å². The monoisotopic (exact) mass is 390 g/mol. The van der Waals surface area contributed by atoms with Crippen molar-refractivity contribution in [3.05, 3.63) is 90.0 Å². The van der Waals surface area contributed by atoms with Crippen molar-refractivity contribution in [1.29, 1.82) is 0 Å². The first kappa shape index (κ1) is 20.1. The van der Waals surface area contributed by atoms with Crippen LogP contribution in [0.25, 0.3) is 0 Å². The Morgan fingerprint density at radius 2 is 1.10 bits per heavy atom. The zero-order chi connectivity index (χ0) is 20.9. The Bertz CT molecular complexity index is 989. The van der Waals surface area contributed by atoms with Gasteiger partial charge in [0.2, 0.25) is 5.75 Å². The van der Waals surface area contributed by atoms with Crippen LogP contribution in [-0.2, 0) is 0 Å². The number of para-hydroxylation sites is 1. The van der Waals surface area contributed by atoms with Crippen LogP contribution < -0.4 is 14.2 Å². The molecule has 0 aliphatic rings. The molecular formula is C24H22O5. The summed E-state index contributed by atoms with van der Waals surface area (Å²) in [5.41, 5.74) is 0.212. The van der Waals surface area contributed by atoms with Crippen molar-refractivity contribution < 1.29 is 23.8 Å². The predicted octanol–water partition coefficient (Wildman–Crippen LogP) is 5.30. The predicted molar refractivity (Wildman–Crippen MR) is 110 cm³/mol. The molecular weight excluding hydrogens is 368 g/mol. The van der Waals surface area contributed by atoms with E-state index in [1.807, 2.05) is 26.8 Å². The van der Waals surface area contributed by atoms with Crippen LogP contribution in [-0.4, -0.2) is 17.5 Å². The summed E-state index contributed by atoms with van der Waals surface area (Å²) in [6.07, 6.45) is 0. The summed E-state index contributed by atoms with van der Waals surface area (Å²) in [4.78, 5) is 25.1. The topological polar surface area (TPSA) is 61.8 Å². The molecule has 5 nitrogen and oxygen atoms in total. The van der Waals surface area contributed by atoms with Gasteiger partial charge in [-0.2, -0.15) is 0 Å². The molecule has 3 rings (SSSR count). The second-order valence-corrected chi connectivity index (χ2v) is 7.31. The molecule has 148 valence electrons. The van der Waals surface area contributed by atoms with E-state index >= 15 is 0 Å². The Morgan fingerprint density at radius 1 is 0.621 bits per heavy atom. The van der Waals surface area contributed by atoms with E-state index in [0.29, 0.717) is 16.9 Å². The molecule has 0 unspecified atom stereocenters. The SMILES string of the molecule is CC(C)(C)Oc1cccc(OC(=O)c2ccccc2)c1OC(=O)c1ccccc1. The van der Waals surface area contributed by atoms with Crippen molar-refractivity contribution in [3.8, 4) is 17.2 Å². The first-order valence-corrected chi connectivity index (χ1v) is 9.20. The molecule has 0 bridgehead atoms. The minimum atomic E-state index is -0.576. The van der Waals surface area contributed by atoms with E-state index in [4.69, 9.17) is 14.2 Å². The van der Waals surface area contributed by atoms with Crippen LogP contribution in [0.4, 0.5) is 0 Å². The third-order valence-corrected chi connectivity index (χ3v) is 3.78. The average Bonchev–Trinajstić information content (AvgIpc) is 2.70.